The number of fused-ring (bicyclic) bond motifs is 2. The highest BCUT2D eigenvalue weighted by molar-refractivity contribution is 7.19. The molecule has 2 aromatic carbocycles. The van der Waals surface area contributed by atoms with Gasteiger partial charge in [0.1, 0.15) is 0 Å². The zero-order valence-electron chi connectivity index (χ0n) is 9.42. The van der Waals surface area contributed by atoms with Crippen molar-refractivity contribution >= 4 is 21.4 Å². The number of ether oxygens (including phenoxy) is 2. The average Bonchev–Trinajstić information content (AvgIpc) is 3.02. The van der Waals surface area contributed by atoms with Crippen molar-refractivity contribution < 1.29 is 9.47 Å². The van der Waals surface area contributed by atoms with E-state index in [1.54, 1.807) is 11.3 Å². The third-order valence-corrected chi connectivity index (χ3v) is 3.98. The molecule has 1 radical (unpaired) electrons. The van der Waals surface area contributed by atoms with Gasteiger partial charge in [0.15, 0.2) is 11.5 Å². The Morgan fingerprint density at radius 2 is 1.44 bits per heavy atom. The Hall–Kier alpha value is -2.00. The van der Waals surface area contributed by atoms with E-state index in [2.05, 4.69) is 18.2 Å². The van der Waals surface area contributed by atoms with Crippen molar-refractivity contribution in [3.05, 3.63) is 65.8 Å². The van der Waals surface area contributed by atoms with Crippen molar-refractivity contribution in [2.24, 2.45) is 0 Å². The van der Waals surface area contributed by atoms with Crippen LogP contribution in [-0.4, -0.2) is 0 Å². The van der Waals surface area contributed by atoms with Crippen molar-refractivity contribution in [3.8, 4) is 11.5 Å². The molecule has 0 unspecified atom stereocenters. The SMILES string of the molecule is c1ccc2c(c1)O[C](c1cc3ccccc3s1)O2. The summed E-state index contributed by atoms with van der Waals surface area (Å²) in [5.74, 6) is 1.56. The van der Waals surface area contributed by atoms with Crippen LogP contribution in [0, 0.1) is 6.29 Å². The van der Waals surface area contributed by atoms with Gasteiger partial charge in [-0.15, -0.1) is 11.3 Å². The second kappa shape index (κ2) is 3.75. The van der Waals surface area contributed by atoms with Crippen molar-refractivity contribution in [3.63, 3.8) is 0 Å². The van der Waals surface area contributed by atoms with Crippen LogP contribution in [0.5, 0.6) is 11.5 Å². The lowest BCUT2D eigenvalue weighted by atomic mass is 10.2. The van der Waals surface area contributed by atoms with Crippen LogP contribution in [-0.2, 0) is 0 Å². The summed E-state index contributed by atoms with van der Waals surface area (Å²) in [6.45, 7) is 0. The van der Waals surface area contributed by atoms with Crippen molar-refractivity contribution in [1.82, 2.24) is 0 Å². The second-order valence-corrected chi connectivity index (χ2v) is 5.17. The second-order valence-electron chi connectivity index (χ2n) is 4.09. The van der Waals surface area contributed by atoms with Crippen LogP contribution in [0.1, 0.15) is 4.88 Å². The Morgan fingerprint density at radius 3 is 2.17 bits per heavy atom. The fourth-order valence-electron chi connectivity index (χ4n) is 2.02. The first-order valence-corrected chi connectivity index (χ1v) is 6.52. The molecule has 2 nitrogen and oxygen atoms in total. The molecule has 0 saturated carbocycles. The maximum absolute atomic E-state index is 5.73. The molecule has 1 aliphatic heterocycles. The number of hydrogen-bond donors (Lipinski definition) is 0. The third-order valence-electron chi connectivity index (χ3n) is 2.88. The van der Waals surface area contributed by atoms with Gasteiger partial charge in [0.2, 0.25) is 0 Å². The first-order chi connectivity index (χ1) is 8.90. The molecule has 4 rings (SSSR count). The van der Waals surface area contributed by atoms with E-state index >= 15 is 0 Å². The molecular weight excluding hydrogens is 244 g/mol. The third kappa shape index (κ3) is 1.48. The van der Waals surface area contributed by atoms with Gasteiger partial charge in [-0.05, 0) is 29.7 Å². The molecule has 0 N–H and O–H groups in total. The lowest BCUT2D eigenvalue weighted by molar-refractivity contribution is 0.207. The zero-order valence-corrected chi connectivity index (χ0v) is 10.2. The van der Waals surface area contributed by atoms with Gasteiger partial charge in [0.25, 0.3) is 0 Å². The smallest absolute Gasteiger partial charge is 0.373 e. The molecule has 0 aliphatic carbocycles. The lowest BCUT2D eigenvalue weighted by Gasteiger charge is -2.03. The average molecular weight is 253 g/mol. The van der Waals surface area contributed by atoms with Gasteiger partial charge in [-0.2, -0.15) is 0 Å². The molecular formula is C15H9O2S. The van der Waals surface area contributed by atoms with Crippen LogP contribution in [0.2, 0.25) is 0 Å². The fraction of sp³-hybridized carbons (Fsp3) is 0. The highest BCUT2D eigenvalue weighted by atomic mass is 32.1. The van der Waals surface area contributed by atoms with Crippen LogP contribution < -0.4 is 9.47 Å². The standard InChI is InChI=1S/C15H9O2S/c1-4-8-13-10(5-1)9-14(18-13)15-16-11-6-2-3-7-12(11)17-15/h1-9H. The van der Waals surface area contributed by atoms with E-state index in [0.717, 1.165) is 16.4 Å². The molecule has 1 aromatic heterocycles. The zero-order chi connectivity index (χ0) is 11.9. The van der Waals surface area contributed by atoms with Crippen LogP contribution >= 0.6 is 11.3 Å². The molecule has 0 bridgehead atoms. The van der Waals surface area contributed by atoms with Crippen molar-refractivity contribution in [1.29, 1.82) is 0 Å². The van der Waals surface area contributed by atoms with E-state index in [-0.39, 0.29) is 0 Å². The minimum atomic E-state index is 0.581. The van der Waals surface area contributed by atoms with E-state index in [1.165, 1.54) is 10.1 Å². The quantitative estimate of drug-likeness (QED) is 0.646. The van der Waals surface area contributed by atoms with Crippen molar-refractivity contribution in [2.75, 3.05) is 0 Å². The fourth-order valence-corrected chi connectivity index (χ4v) is 3.00. The first kappa shape index (κ1) is 9.97. The van der Waals surface area contributed by atoms with E-state index in [4.69, 9.17) is 9.47 Å². The number of thiophene rings is 1. The Morgan fingerprint density at radius 1 is 0.778 bits per heavy atom. The Bertz CT molecular complexity index is 659. The number of hydrogen-bond acceptors (Lipinski definition) is 3. The first-order valence-electron chi connectivity index (χ1n) is 5.71. The van der Waals surface area contributed by atoms with Gasteiger partial charge in [0.05, 0.1) is 4.88 Å². The largest absolute Gasteiger partial charge is 0.437 e. The van der Waals surface area contributed by atoms with Crippen molar-refractivity contribution in [2.45, 2.75) is 0 Å². The van der Waals surface area contributed by atoms with E-state index in [9.17, 15) is 0 Å². The van der Waals surface area contributed by atoms with Crippen LogP contribution in [0.15, 0.2) is 54.6 Å². The van der Waals surface area contributed by atoms with Gasteiger partial charge in [0, 0.05) is 4.70 Å². The van der Waals surface area contributed by atoms with Gasteiger partial charge in [-0.1, -0.05) is 30.3 Å². The highest BCUT2D eigenvalue weighted by Gasteiger charge is 2.29. The number of para-hydroxylation sites is 2. The molecule has 0 atom stereocenters. The molecule has 0 saturated heterocycles. The van der Waals surface area contributed by atoms with Gasteiger partial charge in [-0.25, -0.2) is 0 Å². The summed E-state index contributed by atoms with van der Waals surface area (Å²) in [7, 11) is 0. The Balaban J connectivity index is 1.73. The summed E-state index contributed by atoms with van der Waals surface area (Å²) >= 11 is 1.68. The summed E-state index contributed by atoms with van der Waals surface area (Å²) in [4.78, 5) is 1.02. The number of rotatable bonds is 1. The summed E-state index contributed by atoms with van der Waals surface area (Å²) in [5, 5.41) is 1.22. The maximum atomic E-state index is 5.73. The molecule has 0 spiro atoms. The van der Waals surface area contributed by atoms with Crippen LogP contribution in [0.25, 0.3) is 10.1 Å². The molecule has 2 heterocycles. The topological polar surface area (TPSA) is 18.5 Å². The molecule has 3 aromatic rings. The highest BCUT2D eigenvalue weighted by Crippen LogP contribution is 2.42. The van der Waals surface area contributed by atoms with Gasteiger partial charge < -0.3 is 9.47 Å². The van der Waals surface area contributed by atoms with Gasteiger partial charge in [-0.3, -0.25) is 0 Å². The molecule has 87 valence electrons. The monoisotopic (exact) mass is 253 g/mol. The molecule has 3 heteroatoms. The van der Waals surface area contributed by atoms with Gasteiger partial charge >= 0.3 is 6.29 Å². The predicted molar refractivity (Wildman–Crippen MR) is 71.9 cm³/mol. The summed E-state index contributed by atoms with van der Waals surface area (Å²) in [6, 6.07) is 18.1. The lowest BCUT2D eigenvalue weighted by Crippen LogP contribution is -2.06. The number of benzene rings is 2. The van der Waals surface area contributed by atoms with Crippen LogP contribution in [0.4, 0.5) is 0 Å². The van der Waals surface area contributed by atoms with E-state index in [0.29, 0.717) is 6.29 Å². The molecule has 0 amide bonds. The minimum Gasteiger partial charge on any atom is -0.437 e. The molecule has 0 fully saturated rings. The summed E-state index contributed by atoms with van der Waals surface area (Å²) in [5.41, 5.74) is 0. The minimum absolute atomic E-state index is 0.581. The molecule has 18 heavy (non-hydrogen) atoms. The predicted octanol–water partition coefficient (Wildman–Crippen LogP) is 4.21. The normalized spacial score (nSPS) is 14.2. The van der Waals surface area contributed by atoms with Crippen LogP contribution in [0.3, 0.4) is 0 Å². The maximum Gasteiger partial charge on any atom is 0.373 e. The molecule has 1 aliphatic rings. The summed E-state index contributed by atoms with van der Waals surface area (Å²) < 4.78 is 12.7. The Kier molecular flexibility index (Phi) is 2.08. The summed E-state index contributed by atoms with van der Waals surface area (Å²) in [6.07, 6.45) is 0.581. The van der Waals surface area contributed by atoms with E-state index in [1.807, 2.05) is 36.4 Å². The van der Waals surface area contributed by atoms with E-state index < -0.39 is 0 Å². The Labute approximate surface area is 108 Å².